The van der Waals surface area contributed by atoms with Gasteiger partial charge < -0.3 is 0 Å². The molecule has 4 heteroatoms. The molecular formula is C14H15N3S. The lowest BCUT2D eigenvalue weighted by Crippen LogP contribution is -2.17. The highest BCUT2D eigenvalue weighted by molar-refractivity contribution is 7.98. The Bertz CT molecular complexity index is 542. The third-order valence-electron chi connectivity index (χ3n) is 3.44. The summed E-state index contributed by atoms with van der Waals surface area (Å²) in [6.45, 7) is 0. The largest absolute Gasteiger partial charge is 0.224 e. The Morgan fingerprint density at radius 3 is 2.72 bits per heavy atom. The minimum Gasteiger partial charge on any atom is -0.224 e. The number of hydrogen-bond donors (Lipinski definition) is 0. The van der Waals surface area contributed by atoms with Crippen molar-refractivity contribution >= 4 is 11.8 Å². The third-order valence-corrected chi connectivity index (χ3v) is 3.98. The highest BCUT2D eigenvalue weighted by atomic mass is 32.2. The number of rotatable bonds is 2. The van der Waals surface area contributed by atoms with Gasteiger partial charge >= 0.3 is 0 Å². The van der Waals surface area contributed by atoms with Crippen LogP contribution in [0.2, 0.25) is 0 Å². The second-order valence-electron chi connectivity index (χ2n) is 4.54. The van der Waals surface area contributed by atoms with Crippen molar-refractivity contribution in [2.45, 2.75) is 30.3 Å². The summed E-state index contributed by atoms with van der Waals surface area (Å²) in [4.78, 5) is 4.55. The fraction of sp³-hybridized carbons (Fsp3) is 0.357. The van der Waals surface area contributed by atoms with Crippen LogP contribution in [0, 0.1) is 0 Å². The SMILES string of the molecule is CSc1nnc2c(n1)CCC(c1ccccc1)C2. The summed E-state index contributed by atoms with van der Waals surface area (Å²) in [5.74, 6) is 0.565. The topological polar surface area (TPSA) is 38.7 Å². The van der Waals surface area contributed by atoms with E-state index in [2.05, 4.69) is 45.5 Å². The summed E-state index contributed by atoms with van der Waals surface area (Å²) >= 11 is 1.55. The van der Waals surface area contributed by atoms with Gasteiger partial charge in [-0.1, -0.05) is 42.1 Å². The zero-order chi connectivity index (χ0) is 12.4. The maximum Gasteiger partial charge on any atom is 0.209 e. The molecule has 18 heavy (non-hydrogen) atoms. The van der Waals surface area contributed by atoms with Gasteiger partial charge in [0.1, 0.15) is 0 Å². The van der Waals surface area contributed by atoms with Gasteiger partial charge in [-0.25, -0.2) is 4.98 Å². The maximum absolute atomic E-state index is 4.55. The Morgan fingerprint density at radius 1 is 1.11 bits per heavy atom. The molecule has 0 spiro atoms. The van der Waals surface area contributed by atoms with Gasteiger partial charge in [-0.15, -0.1) is 5.10 Å². The van der Waals surface area contributed by atoms with Crippen molar-refractivity contribution in [1.82, 2.24) is 15.2 Å². The number of nitrogens with zero attached hydrogens (tertiary/aromatic N) is 3. The van der Waals surface area contributed by atoms with E-state index in [0.29, 0.717) is 5.92 Å². The summed E-state index contributed by atoms with van der Waals surface area (Å²) in [5, 5.41) is 9.26. The second kappa shape index (κ2) is 5.06. The van der Waals surface area contributed by atoms with Crippen LogP contribution in [-0.2, 0) is 12.8 Å². The molecule has 0 amide bonds. The Balaban J connectivity index is 1.85. The molecule has 0 fully saturated rings. The van der Waals surface area contributed by atoms with E-state index in [0.717, 1.165) is 35.8 Å². The maximum atomic E-state index is 4.55. The molecule has 3 rings (SSSR count). The van der Waals surface area contributed by atoms with Crippen LogP contribution in [0.1, 0.15) is 29.3 Å². The van der Waals surface area contributed by atoms with Crippen molar-refractivity contribution in [3.8, 4) is 0 Å². The zero-order valence-electron chi connectivity index (χ0n) is 10.3. The van der Waals surface area contributed by atoms with Gasteiger partial charge in [0.25, 0.3) is 0 Å². The van der Waals surface area contributed by atoms with E-state index in [1.54, 1.807) is 11.8 Å². The Morgan fingerprint density at radius 2 is 1.94 bits per heavy atom. The highest BCUT2D eigenvalue weighted by Crippen LogP contribution is 2.30. The van der Waals surface area contributed by atoms with Crippen LogP contribution < -0.4 is 0 Å². The molecule has 1 unspecified atom stereocenters. The highest BCUT2D eigenvalue weighted by Gasteiger charge is 2.22. The Labute approximate surface area is 111 Å². The molecular weight excluding hydrogens is 242 g/mol. The van der Waals surface area contributed by atoms with Gasteiger partial charge in [0.15, 0.2) is 0 Å². The van der Waals surface area contributed by atoms with Gasteiger partial charge in [0, 0.05) is 6.42 Å². The van der Waals surface area contributed by atoms with E-state index in [1.807, 2.05) is 6.26 Å². The predicted molar refractivity (Wildman–Crippen MR) is 72.8 cm³/mol. The molecule has 1 aliphatic rings. The molecule has 3 nitrogen and oxygen atoms in total. The Kier molecular flexibility index (Phi) is 3.28. The molecule has 1 atom stereocenters. The van der Waals surface area contributed by atoms with E-state index >= 15 is 0 Å². The van der Waals surface area contributed by atoms with Crippen molar-refractivity contribution in [3.05, 3.63) is 47.3 Å². The van der Waals surface area contributed by atoms with E-state index in [9.17, 15) is 0 Å². The molecule has 0 bridgehead atoms. The van der Waals surface area contributed by atoms with Crippen molar-refractivity contribution in [3.63, 3.8) is 0 Å². The number of benzene rings is 1. The first-order valence-corrected chi connectivity index (χ1v) is 7.40. The molecule has 0 saturated heterocycles. The van der Waals surface area contributed by atoms with Gasteiger partial charge in [0.2, 0.25) is 5.16 Å². The molecule has 1 heterocycles. The molecule has 0 radical (unpaired) electrons. The van der Waals surface area contributed by atoms with Crippen LogP contribution in [0.5, 0.6) is 0 Å². The molecule has 2 aromatic rings. The van der Waals surface area contributed by atoms with Crippen LogP contribution >= 0.6 is 11.8 Å². The third kappa shape index (κ3) is 2.25. The zero-order valence-corrected chi connectivity index (χ0v) is 11.2. The standard InChI is InChI=1S/C14H15N3S/c1-18-14-15-12-8-7-11(9-13(12)16-17-14)10-5-3-2-4-6-10/h2-6,11H,7-9H2,1H3. The van der Waals surface area contributed by atoms with Crippen molar-refractivity contribution in [1.29, 1.82) is 0 Å². The molecule has 0 saturated carbocycles. The van der Waals surface area contributed by atoms with Crippen LogP contribution in [0.25, 0.3) is 0 Å². The normalized spacial score (nSPS) is 18.4. The second-order valence-corrected chi connectivity index (χ2v) is 5.32. The smallest absolute Gasteiger partial charge is 0.209 e. The summed E-state index contributed by atoms with van der Waals surface area (Å²) < 4.78 is 0. The van der Waals surface area contributed by atoms with Gasteiger partial charge in [-0.3, -0.25) is 0 Å². The van der Waals surface area contributed by atoms with E-state index in [-0.39, 0.29) is 0 Å². The molecule has 1 aromatic heterocycles. The summed E-state index contributed by atoms with van der Waals surface area (Å²) in [6, 6.07) is 10.7. The molecule has 1 aliphatic carbocycles. The molecule has 1 aromatic carbocycles. The van der Waals surface area contributed by atoms with Crippen LogP contribution in [-0.4, -0.2) is 21.4 Å². The number of hydrogen-bond acceptors (Lipinski definition) is 4. The van der Waals surface area contributed by atoms with Gasteiger partial charge in [0.05, 0.1) is 11.4 Å². The number of aromatic nitrogens is 3. The van der Waals surface area contributed by atoms with Crippen LogP contribution in [0.4, 0.5) is 0 Å². The van der Waals surface area contributed by atoms with Crippen molar-refractivity contribution < 1.29 is 0 Å². The Hall–Kier alpha value is -1.42. The number of fused-ring (bicyclic) bond motifs is 1. The lowest BCUT2D eigenvalue weighted by atomic mass is 9.84. The minimum atomic E-state index is 0.565. The van der Waals surface area contributed by atoms with Crippen LogP contribution in [0.3, 0.4) is 0 Å². The van der Waals surface area contributed by atoms with Gasteiger partial charge in [-0.2, -0.15) is 5.10 Å². The van der Waals surface area contributed by atoms with Gasteiger partial charge in [-0.05, 0) is 30.6 Å². The molecule has 0 aliphatic heterocycles. The molecule has 0 N–H and O–H groups in total. The predicted octanol–water partition coefficient (Wildman–Crippen LogP) is 2.87. The summed E-state index contributed by atoms with van der Waals surface area (Å²) in [5.41, 5.74) is 3.62. The first kappa shape index (κ1) is 11.7. The lowest BCUT2D eigenvalue weighted by molar-refractivity contribution is 0.541. The van der Waals surface area contributed by atoms with E-state index in [1.165, 1.54) is 5.56 Å². The number of aryl methyl sites for hydroxylation is 1. The lowest BCUT2D eigenvalue weighted by Gasteiger charge is -2.23. The first-order chi connectivity index (χ1) is 8.86. The summed E-state index contributed by atoms with van der Waals surface area (Å²) in [7, 11) is 0. The summed E-state index contributed by atoms with van der Waals surface area (Å²) in [6.07, 6.45) is 5.12. The number of thioether (sulfide) groups is 1. The average molecular weight is 257 g/mol. The minimum absolute atomic E-state index is 0.565. The quantitative estimate of drug-likeness (QED) is 0.775. The fourth-order valence-electron chi connectivity index (χ4n) is 2.46. The van der Waals surface area contributed by atoms with E-state index in [4.69, 9.17) is 0 Å². The van der Waals surface area contributed by atoms with Crippen molar-refractivity contribution in [2.75, 3.05) is 6.26 Å². The first-order valence-electron chi connectivity index (χ1n) is 6.18. The average Bonchev–Trinajstić information content (AvgIpc) is 2.47. The molecule has 92 valence electrons. The van der Waals surface area contributed by atoms with Crippen molar-refractivity contribution in [2.24, 2.45) is 0 Å². The monoisotopic (exact) mass is 257 g/mol. The fourth-order valence-corrected chi connectivity index (χ4v) is 2.79. The van der Waals surface area contributed by atoms with Crippen LogP contribution in [0.15, 0.2) is 35.5 Å². The van der Waals surface area contributed by atoms with E-state index < -0.39 is 0 Å².